The van der Waals surface area contributed by atoms with Crippen LogP contribution >= 0.6 is 0 Å². The van der Waals surface area contributed by atoms with Crippen molar-refractivity contribution >= 4 is 12.1 Å². The van der Waals surface area contributed by atoms with Crippen LogP contribution in [0.1, 0.15) is 41.5 Å². The topological polar surface area (TPSA) is 65.1 Å². The van der Waals surface area contributed by atoms with Crippen molar-refractivity contribution in [2.24, 2.45) is 0 Å². The highest BCUT2D eigenvalue weighted by Gasteiger charge is 2.57. The summed E-state index contributed by atoms with van der Waals surface area (Å²) >= 11 is 0. The number of hydrogen-bond acceptors (Lipinski definition) is 5. The minimum absolute atomic E-state index is 0.0753. The van der Waals surface area contributed by atoms with Gasteiger partial charge in [-0.3, -0.25) is 4.90 Å². The number of nitrogens with zero attached hydrogens (tertiary/aromatic N) is 1. The number of ether oxygens (including phenoxy) is 3. The van der Waals surface area contributed by atoms with Crippen molar-refractivity contribution in [3.63, 3.8) is 0 Å². The molecule has 0 radical (unpaired) electrons. The Bertz CT molecular complexity index is 385. The lowest BCUT2D eigenvalue weighted by molar-refractivity contribution is -0.153. The molecule has 0 unspecified atom stereocenters. The largest absolute Gasteiger partial charge is 0.467 e. The number of hydrogen-bond donors (Lipinski definition) is 0. The maximum absolute atomic E-state index is 12.3. The van der Waals surface area contributed by atoms with Crippen LogP contribution in [0, 0.1) is 0 Å². The highest BCUT2D eigenvalue weighted by Crippen LogP contribution is 2.37. The minimum Gasteiger partial charge on any atom is -0.467 e. The van der Waals surface area contributed by atoms with Crippen molar-refractivity contribution in [3.8, 4) is 0 Å². The highest BCUT2D eigenvalue weighted by molar-refractivity contribution is 5.86. The lowest BCUT2D eigenvalue weighted by Crippen LogP contribution is -2.59. The smallest absolute Gasteiger partial charge is 0.413 e. The van der Waals surface area contributed by atoms with Gasteiger partial charge in [-0.2, -0.15) is 0 Å². The summed E-state index contributed by atoms with van der Waals surface area (Å²) < 4.78 is 15.7. The molecule has 0 aromatic carbocycles. The van der Waals surface area contributed by atoms with Gasteiger partial charge in [-0.25, -0.2) is 9.59 Å². The number of carbonyl (C=O) groups excluding carboxylic acids is 2. The number of esters is 1. The Balaban J connectivity index is 3.10. The standard InChI is InChI=1S/C13H23NO5/c1-11(2,3)19-10(16)14-12(4,5)18-8-13(14,6)9(15)17-7/h8H2,1-7H3/t13-/m1/s1. The van der Waals surface area contributed by atoms with Crippen LogP contribution in [0.15, 0.2) is 0 Å². The number of carbonyl (C=O) groups is 2. The molecule has 1 atom stereocenters. The monoisotopic (exact) mass is 273 g/mol. The van der Waals surface area contributed by atoms with E-state index in [0.29, 0.717) is 0 Å². The van der Waals surface area contributed by atoms with E-state index < -0.39 is 28.9 Å². The molecule has 1 fully saturated rings. The molecule has 0 aromatic rings. The third-order valence-corrected chi connectivity index (χ3v) is 2.94. The zero-order valence-electron chi connectivity index (χ0n) is 12.7. The second kappa shape index (κ2) is 4.67. The van der Waals surface area contributed by atoms with E-state index in [1.165, 1.54) is 12.0 Å². The lowest BCUT2D eigenvalue weighted by atomic mass is 10.0. The number of methoxy groups -OCH3 is 1. The molecule has 0 aromatic heterocycles. The second-order valence-electron chi connectivity index (χ2n) is 6.32. The van der Waals surface area contributed by atoms with Gasteiger partial charge < -0.3 is 14.2 Å². The van der Waals surface area contributed by atoms with E-state index in [1.54, 1.807) is 41.5 Å². The molecule has 1 rings (SSSR count). The molecule has 0 aliphatic carbocycles. The van der Waals surface area contributed by atoms with Crippen LogP contribution in [-0.4, -0.2) is 47.5 Å². The molecule has 0 saturated carbocycles. The molecule has 1 heterocycles. The molecular weight excluding hydrogens is 250 g/mol. The first-order valence-corrected chi connectivity index (χ1v) is 6.20. The van der Waals surface area contributed by atoms with Gasteiger partial charge in [0.05, 0.1) is 13.7 Å². The minimum atomic E-state index is -1.18. The third kappa shape index (κ3) is 3.00. The van der Waals surface area contributed by atoms with E-state index in [9.17, 15) is 9.59 Å². The van der Waals surface area contributed by atoms with Crippen LogP contribution in [0.3, 0.4) is 0 Å². The Morgan fingerprint density at radius 1 is 1.21 bits per heavy atom. The summed E-state index contributed by atoms with van der Waals surface area (Å²) in [7, 11) is 1.28. The van der Waals surface area contributed by atoms with Gasteiger partial charge in [0, 0.05) is 0 Å². The summed E-state index contributed by atoms with van der Waals surface area (Å²) in [6.45, 7) is 10.4. The van der Waals surface area contributed by atoms with E-state index in [4.69, 9.17) is 14.2 Å². The number of rotatable bonds is 1. The predicted octanol–water partition coefficient (Wildman–Crippen LogP) is 1.92. The van der Waals surface area contributed by atoms with E-state index in [2.05, 4.69) is 0 Å². The normalized spacial score (nSPS) is 26.2. The van der Waals surface area contributed by atoms with Crippen LogP contribution in [0.5, 0.6) is 0 Å². The van der Waals surface area contributed by atoms with Crippen LogP contribution in [-0.2, 0) is 19.0 Å². The Morgan fingerprint density at radius 2 is 1.74 bits per heavy atom. The van der Waals surface area contributed by atoms with Gasteiger partial charge in [0.1, 0.15) is 11.3 Å². The predicted molar refractivity (Wildman–Crippen MR) is 68.5 cm³/mol. The van der Waals surface area contributed by atoms with E-state index >= 15 is 0 Å². The molecule has 0 N–H and O–H groups in total. The average molecular weight is 273 g/mol. The molecule has 6 heteroatoms. The quantitative estimate of drug-likeness (QED) is 0.683. The first kappa shape index (κ1) is 15.8. The highest BCUT2D eigenvalue weighted by atomic mass is 16.6. The Morgan fingerprint density at radius 3 is 2.16 bits per heavy atom. The molecule has 6 nitrogen and oxygen atoms in total. The maximum Gasteiger partial charge on any atom is 0.413 e. The SMILES string of the molecule is COC(=O)[C@@]1(C)COC(C)(C)N1C(=O)OC(C)(C)C. The Labute approximate surface area is 114 Å². The first-order chi connectivity index (χ1) is 8.44. The van der Waals surface area contributed by atoms with E-state index in [0.717, 1.165) is 0 Å². The lowest BCUT2D eigenvalue weighted by Gasteiger charge is -2.38. The van der Waals surface area contributed by atoms with Crippen molar-refractivity contribution in [2.45, 2.75) is 58.4 Å². The summed E-state index contributed by atoms with van der Waals surface area (Å²) in [6, 6.07) is 0. The zero-order valence-corrected chi connectivity index (χ0v) is 12.7. The molecule has 1 aliphatic heterocycles. The van der Waals surface area contributed by atoms with E-state index in [1.807, 2.05) is 0 Å². The van der Waals surface area contributed by atoms with Crippen molar-refractivity contribution < 1.29 is 23.8 Å². The second-order valence-corrected chi connectivity index (χ2v) is 6.32. The molecule has 1 saturated heterocycles. The van der Waals surface area contributed by atoms with Crippen molar-refractivity contribution in [2.75, 3.05) is 13.7 Å². The molecule has 0 spiro atoms. The third-order valence-electron chi connectivity index (χ3n) is 2.94. The summed E-state index contributed by atoms with van der Waals surface area (Å²) in [4.78, 5) is 25.6. The Hall–Kier alpha value is -1.30. The fourth-order valence-electron chi connectivity index (χ4n) is 2.14. The fourth-order valence-corrected chi connectivity index (χ4v) is 2.14. The maximum atomic E-state index is 12.3. The number of amides is 1. The first-order valence-electron chi connectivity index (χ1n) is 6.20. The zero-order chi connectivity index (χ0) is 15.1. The van der Waals surface area contributed by atoms with Crippen molar-refractivity contribution in [1.29, 1.82) is 0 Å². The van der Waals surface area contributed by atoms with Crippen LogP contribution in [0.2, 0.25) is 0 Å². The Kier molecular flexibility index (Phi) is 3.87. The molecule has 1 aliphatic rings. The molecular formula is C13H23NO5. The summed E-state index contributed by atoms with van der Waals surface area (Å²) in [6.07, 6.45) is -0.595. The summed E-state index contributed by atoms with van der Waals surface area (Å²) in [5, 5.41) is 0. The van der Waals surface area contributed by atoms with E-state index in [-0.39, 0.29) is 6.61 Å². The summed E-state index contributed by atoms with van der Waals surface area (Å²) in [5.74, 6) is -0.524. The molecule has 1 amide bonds. The molecule has 0 bridgehead atoms. The van der Waals surface area contributed by atoms with Gasteiger partial charge in [-0.1, -0.05) is 0 Å². The van der Waals surface area contributed by atoms with Crippen molar-refractivity contribution in [3.05, 3.63) is 0 Å². The van der Waals surface area contributed by atoms with Gasteiger partial charge in [0.2, 0.25) is 0 Å². The van der Waals surface area contributed by atoms with Crippen LogP contribution < -0.4 is 0 Å². The van der Waals surface area contributed by atoms with Crippen LogP contribution in [0.25, 0.3) is 0 Å². The fraction of sp³-hybridized carbons (Fsp3) is 0.846. The summed E-state index contributed by atoms with van der Waals surface area (Å²) in [5.41, 5.74) is -2.75. The van der Waals surface area contributed by atoms with Gasteiger partial charge >= 0.3 is 12.1 Å². The average Bonchev–Trinajstić information content (AvgIpc) is 2.47. The van der Waals surface area contributed by atoms with Gasteiger partial charge in [0.25, 0.3) is 0 Å². The van der Waals surface area contributed by atoms with Gasteiger partial charge in [-0.15, -0.1) is 0 Å². The van der Waals surface area contributed by atoms with Gasteiger partial charge in [0.15, 0.2) is 5.54 Å². The van der Waals surface area contributed by atoms with Crippen molar-refractivity contribution in [1.82, 2.24) is 4.90 Å². The van der Waals surface area contributed by atoms with Crippen LogP contribution in [0.4, 0.5) is 4.79 Å². The van der Waals surface area contributed by atoms with Gasteiger partial charge in [-0.05, 0) is 41.5 Å². The molecule has 19 heavy (non-hydrogen) atoms. The molecule has 110 valence electrons.